The maximum absolute atomic E-state index is 12.2. The van der Waals surface area contributed by atoms with Crippen LogP contribution in [0, 0.1) is 0 Å². The Kier molecular flexibility index (Phi) is 5.28. The zero-order chi connectivity index (χ0) is 14.5. The summed E-state index contributed by atoms with van der Waals surface area (Å²) in [5, 5.41) is 11.1. The van der Waals surface area contributed by atoms with Crippen molar-refractivity contribution in [1.82, 2.24) is 20.4 Å². The molecule has 1 aliphatic heterocycles. The van der Waals surface area contributed by atoms with E-state index in [1.165, 1.54) is 0 Å². The number of halogens is 1. The second-order valence-corrected chi connectivity index (χ2v) is 5.46. The van der Waals surface area contributed by atoms with Crippen LogP contribution in [0.25, 0.3) is 0 Å². The van der Waals surface area contributed by atoms with Crippen LogP contribution < -0.4 is 5.32 Å². The third-order valence-electron chi connectivity index (χ3n) is 3.03. The van der Waals surface area contributed by atoms with E-state index in [0.717, 1.165) is 5.69 Å². The number of aromatic nitrogens is 2. The second-order valence-electron chi connectivity index (χ2n) is 5.07. The minimum atomic E-state index is -0.288. The summed E-state index contributed by atoms with van der Waals surface area (Å²) >= 11 is 5.72. The summed E-state index contributed by atoms with van der Waals surface area (Å²) in [5.74, 6) is -0.0124. The fourth-order valence-corrected chi connectivity index (χ4v) is 2.19. The van der Waals surface area contributed by atoms with Crippen LogP contribution in [0.4, 0.5) is 0 Å². The monoisotopic (exact) mass is 298 g/mol. The van der Waals surface area contributed by atoms with Crippen molar-refractivity contribution in [2.45, 2.75) is 32.5 Å². The molecule has 0 aliphatic carbocycles. The van der Waals surface area contributed by atoms with E-state index in [1.807, 2.05) is 19.9 Å². The number of nitrogens with one attached hydrogen (secondary N) is 1. The molecular weight excluding hydrogens is 280 g/mol. The fraction of sp³-hybridized carbons (Fsp3) is 0.615. The third kappa shape index (κ3) is 4.13. The average molecular weight is 299 g/mol. The predicted octanol–water partition coefficient (Wildman–Crippen LogP) is 0.855. The van der Waals surface area contributed by atoms with Crippen molar-refractivity contribution in [2.24, 2.45) is 0 Å². The topological polar surface area (TPSA) is 67.3 Å². The summed E-state index contributed by atoms with van der Waals surface area (Å²) in [5.41, 5.74) is 0.790. The average Bonchev–Trinajstić information content (AvgIpc) is 2.41. The van der Waals surface area contributed by atoms with E-state index in [1.54, 1.807) is 6.07 Å². The van der Waals surface area contributed by atoms with Crippen LogP contribution in [0.15, 0.2) is 12.1 Å². The highest BCUT2D eigenvalue weighted by Crippen LogP contribution is 2.12. The number of amides is 1. The molecule has 7 heteroatoms. The first-order chi connectivity index (χ1) is 9.56. The normalized spacial score (nSPS) is 20.1. The molecule has 1 N–H and O–H groups in total. The number of morpholine rings is 1. The highest BCUT2D eigenvalue weighted by Gasteiger charge is 2.29. The summed E-state index contributed by atoms with van der Waals surface area (Å²) in [6.45, 7) is 6.16. The van der Waals surface area contributed by atoms with E-state index in [4.69, 9.17) is 16.3 Å². The molecule has 1 atom stereocenters. The summed E-state index contributed by atoms with van der Waals surface area (Å²) in [6.07, 6.45) is 0. The van der Waals surface area contributed by atoms with Gasteiger partial charge in [0.15, 0.2) is 5.15 Å². The molecule has 1 aromatic rings. The highest BCUT2D eigenvalue weighted by molar-refractivity contribution is 6.29. The summed E-state index contributed by atoms with van der Waals surface area (Å²) in [6, 6.07) is 3.35. The Bertz CT molecular complexity index is 452. The van der Waals surface area contributed by atoms with Gasteiger partial charge in [0, 0.05) is 19.1 Å². The second kappa shape index (κ2) is 6.97. The maximum Gasteiger partial charge on any atom is 0.239 e. The van der Waals surface area contributed by atoms with Crippen LogP contribution in [0.3, 0.4) is 0 Å². The van der Waals surface area contributed by atoms with E-state index < -0.39 is 0 Å². The van der Waals surface area contributed by atoms with E-state index >= 15 is 0 Å². The SMILES string of the molecule is CC(C)NC(=O)C1COCCN1Cc1ccc(Cl)nn1. The lowest BCUT2D eigenvalue weighted by molar-refractivity contribution is -0.133. The van der Waals surface area contributed by atoms with E-state index in [0.29, 0.717) is 31.5 Å². The first kappa shape index (κ1) is 15.2. The zero-order valence-electron chi connectivity index (χ0n) is 11.7. The van der Waals surface area contributed by atoms with Crippen molar-refractivity contribution < 1.29 is 9.53 Å². The number of nitrogens with zero attached hydrogens (tertiary/aromatic N) is 3. The van der Waals surface area contributed by atoms with Crippen LogP contribution in [0.5, 0.6) is 0 Å². The van der Waals surface area contributed by atoms with Crippen LogP contribution in [0.1, 0.15) is 19.5 Å². The molecule has 1 fully saturated rings. The summed E-state index contributed by atoms with van der Waals surface area (Å²) in [7, 11) is 0. The molecule has 0 spiro atoms. The van der Waals surface area contributed by atoms with Crippen LogP contribution >= 0.6 is 11.6 Å². The Morgan fingerprint density at radius 2 is 2.35 bits per heavy atom. The van der Waals surface area contributed by atoms with Crippen molar-refractivity contribution >= 4 is 17.5 Å². The summed E-state index contributed by atoms with van der Waals surface area (Å²) < 4.78 is 5.41. The number of rotatable bonds is 4. The molecular formula is C13H19ClN4O2. The molecule has 0 radical (unpaired) electrons. The first-order valence-electron chi connectivity index (χ1n) is 6.66. The molecule has 6 nitrogen and oxygen atoms in total. The van der Waals surface area contributed by atoms with Gasteiger partial charge in [-0.15, -0.1) is 5.10 Å². The highest BCUT2D eigenvalue weighted by atomic mass is 35.5. The fourth-order valence-electron chi connectivity index (χ4n) is 2.09. The zero-order valence-corrected chi connectivity index (χ0v) is 12.4. The van der Waals surface area contributed by atoms with Crippen molar-refractivity contribution in [3.8, 4) is 0 Å². The lowest BCUT2D eigenvalue weighted by Gasteiger charge is -2.34. The molecule has 110 valence electrons. The molecule has 20 heavy (non-hydrogen) atoms. The van der Waals surface area contributed by atoms with Crippen molar-refractivity contribution in [3.63, 3.8) is 0 Å². The third-order valence-corrected chi connectivity index (χ3v) is 3.23. The van der Waals surface area contributed by atoms with Crippen LogP contribution in [0.2, 0.25) is 5.15 Å². The van der Waals surface area contributed by atoms with Gasteiger partial charge in [-0.3, -0.25) is 9.69 Å². The Morgan fingerprint density at radius 3 is 3.00 bits per heavy atom. The number of hydrogen-bond donors (Lipinski definition) is 1. The minimum absolute atomic E-state index is 0.0124. The molecule has 1 aromatic heterocycles. The summed E-state index contributed by atoms with van der Waals surface area (Å²) in [4.78, 5) is 14.2. The molecule has 0 saturated carbocycles. The van der Waals surface area contributed by atoms with E-state index in [-0.39, 0.29) is 18.0 Å². The van der Waals surface area contributed by atoms with E-state index in [2.05, 4.69) is 20.4 Å². The van der Waals surface area contributed by atoms with Gasteiger partial charge in [0.2, 0.25) is 5.91 Å². The van der Waals surface area contributed by atoms with Gasteiger partial charge in [0.05, 0.1) is 18.9 Å². The van der Waals surface area contributed by atoms with Crippen molar-refractivity contribution in [1.29, 1.82) is 0 Å². The number of carbonyl (C=O) groups excluding carboxylic acids is 1. The molecule has 1 aliphatic rings. The minimum Gasteiger partial charge on any atom is -0.378 e. The molecule has 1 saturated heterocycles. The van der Waals surface area contributed by atoms with Gasteiger partial charge >= 0.3 is 0 Å². The smallest absolute Gasteiger partial charge is 0.239 e. The van der Waals surface area contributed by atoms with Crippen molar-refractivity contribution in [2.75, 3.05) is 19.8 Å². The largest absolute Gasteiger partial charge is 0.378 e. The molecule has 0 bridgehead atoms. The maximum atomic E-state index is 12.2. The number of hydrogen-bond acceptors (Lipinski definition) is 5. The molecule has 1 amide bonds. The van der Waals surface area contributed by atoms with Gasteiger partial charge in [0.25, 0.3) is 0 Å². The van der Waals surface area contributed by atoms with Gasteiger partial charge in [-0.05, 0) is 26.0 Å². The predicted molar refractivity (Wildman–Crippen MR) is 75.3 cm³/mol. The van der Waals surface area contributed by atoms with Crippen molar-refractivity contribution in [3.05, 3.63) is 23.0 Å². The molecule has 0 aromatic carbocycles. The van der Waals surface area contributed by atoms with Gasteiger partial charge in [-0.2, -0.15) is 5.10 Å². The van der Waals surface area contributed by atoms with Gasteiger partial charge in [0.1, 0.15) is 6.04 Å². The Morgan fingerprint density at radius 1 is 1.55 bits per heavy atom. The Labute approximate surface area is 123 Å². The molecule has 2 heterocycles. The number of carbonyl (C=O) groups is 1. The Hall–Kier alpha value is -1.24. The van der Waals surface area contributed by atoms with Crippen LogP contribution in [-0.4, -0.2) is 52.8 Å². The molecule has 1 unspecified atom stereocenters. The van der Waals surface area contributed by atoms with Gasteiger partial charge in [-0.25, -0.2) is 0 Å². The van der Waals surface area contributed by atoms with Gasteiger partial charge in [-0.1, -0.05) is 11.6 Å². The quantitative estimate of drug-likeness (QED) is 0.893. The van der Waals surface area contributed by atoms with E-state index in [9.17, 15) is 4.79 Å². The standard InChI is InChI=1S/C13H19ClN4O2/c1-9(2)15-13(19)11-8-20-6-5-18(11)7-10-3-4-12(14)17-16-10/h3-4,9,11H,5-8H2,1-2H3,(H,15,19). The Balaban J connectivity index is 2.03. The first-order valence-corrected chi connectivity index (χ1v) is 7.04. The molecule has 2 rings (SSSR count). The lowest BCUT2D eigenvalue weighted by atomic mass is 10.2. The van der Waals surface area contributed by atoms with Crippen LogP contribution in [-0.2, 0) is 16.1 Å². The number of ether oxygens (including phenoxy) is 1. The lowest BCUT2D eigenvalue weighted by Crippen LogP contribution is -2.54. The van der Waals surface area contributed by atoms with Gasteiger partial charge < -0.3 is 10.1 Å².